The van der Waals surface area contributed by atoms with Gasteiger partial charge < -0.3 is 20.1 Å². The summed E-state index contributed by atoms with van der Waals surface area (Å²) in [7, 11) is 1.56. The molecule has 1 aliphatic rings. The Kier molecular flexibility index (Phi) is 7.13. The zero-order valence-electron chi connectivity index (χ0n) is 19.1. The van der Waals surface area contributed by atoms with Crippen molar-refractivity contribution in [2.75, 3.05) is 19.0 Å². The normalized spacial score (nSPS) is 17.9. The number of methoxy groups -OCH3 is 1. The summed E-state index contributed by atoms with van der Waals surface area (Å²) >= 11 is 0. The third kappa shape index (κ3) is 5.64. The summed E-state index contributed by atoms with van der Waals surface area (Å²) in [6.45, 7) is 2.11. The summed E-state index contributed by atoms with van der Waals surface area (Å²) in [6.07, 6.45) is 4.25. The molecule has 6 nitrogen and oxygen atoms in total. The SMILES string of the molecule is COc1ccccc1NC(=O)c1cc2ccccc2cc1OCC(=O)NC1CCC(C)CC1. The minimum absolute atomic E-state index is 0.140. The molecule has 0 heterocycles. The summed E-state index contributed by atoms with van der Waals surface area (Å²) in [6, 6.07) is 18.8. The van der Waals surface area contributed by atoms with E-state index in [2.05, 4.69) is 17.6 Å². The fourth-order valence-electron chi connectivity index (χ4n) is 4.27. The number of rotatable bonds is 7. The van der Waals surface area contributed by atoms with Crippen LogP contribution in [-0.4, -0.2) is 31.6 Å². The Morgan fingerprint density at radius 1 is 0.909 bits per heavy atom. The molecule has 0 unspecified atom stereocenters. The molecule has 0 radical (unpaired) electrons. The van der Waals surface area contributed by atoms with Gasteiger partial charge in [0.25, 0.3) is 11.8 Å². The number of amides is 2. The van der Waals surface area contributed by atoms with Crippen LogP contribution in [0.5, 0.6) is 11.5 Å². The van der Waals surface area contributed by atoms with Crippen molar-refractivity contribution >= 4 is 28.3 Å². The summed E-state index contributed by atoms with van der Waals surface area (Å²) in [5.41, 5.74) is 0.923. The van der Waals surface area contributed by atoms with Crippen LogP contribution in [0.3, 0.4) is 0 Å². The van der Waals surface area contributed by atoms with Gasteiger partial charge in [-0.1, -0.05) is 43.3 Å². The predicted molar refractivity (Wildman–Crippen MR) is 130 cm³/mol. The number of hydrogen-bond acceptors (Lipinski definition) is 4. The molecule has 172 valence electrons. The summed E-state index contributed by atoms with van der Waals surface area (Å²) in [5, 5.41) is 7.81. The molecule has 6 heteroatoms. The second-order valence-electron chi connectivity index (χ2n) is 8.66. The Bertz CT molecular complexity index is 1140. The van der Waals surface area contributed by atoms with Gasteiger partial charge in [0.15, 0.2) is 6.61 Å². The third-order valence-corrected chi connectivity index (χ3v) is 6.19. The molecule has 0 aromatic heterocycles. The first-order valence-electron chi connectivity index (χ1n) is 11.4. The van der Waals surface area contributed by atoms with Gasteiger partial charge in [-0.25, -0.2) is 0 Å². The van der Waals surface area contributed by atoms with E-state index in [1.807, 2.05) is 42.5 Å². The van der Waals surface area contributed by atoms with Crippen LogP contribution in [-0.2, 0) is 4.79 Å². The fourth-order valence-corrected chi connectivity index (χ4v) is 4.27. The number of para-hydroxylation sites is 2. The summed E-state index contributed by atoms with van der Waals surface area (Å²) in [5.74, 6) is 1.15. The van der Waals surface area contributed by atoms with E-state index < -0.39 is 0 Å². The molecule has 0 atom stereocenters. The molecule has 1 fully saturated rings. The number of ether oxygens (including phenoxy) is 2. The number of fused-ring (bicyclic) bond motifs is 1. The van der Waals surface area contributed by atoms with Crippen molar-refractivity contribution in [2.24, 2.45) is 5.92 Å². The standard InChI is InChI=1S/C27H30N2O4/c1-18-11-13-21(14-12-18)28-26(30)17-33-25-16-20-8-4-3-7-19(20)15-22(25)27(31)29-23-9-5-6-10-24(23)32-2/h3-10,15-16,18,21H,11-14,17H2,1-2H3,(H,28,30)(H,29,31). The number of nitrogens with one attached hydrogen (secondary N) is 2. The largest absolute Gasteiger partial charge is 0.495 e. The molecule has 33 heavy (non-hydrogen) atoms. The van der Waals surface area contributed by atoms with Crippen LogP contribution in [0, 0.1) is 5.92 Å². The van der Waals surface area contributed by atoms with Gasteiger partial charge in [0, 0.05) is 6.04 Å². The van der Waals surface area contributed by atoms with E-state index in [4.69, 9.17) is 9.47 Å². The molecular weight excluding hydrogens is 416 g/mol. The van der Waals surface area contributed by atoms with Crippen molar-refractivity contribution in [2.45, 2.75) is 38.6 Å². The predicted octanol–water partition coefficient (Wildman–Crippen LogP) is 5.17. The maximum Gasteiger partial charge on any atom is 0.259 e. The quantitative estimate of drug-likeness (QED) is 0.525. The molecule has 0 saturated heterocycles. The maximum absolute atomic E-state index is 13.2. The Balaban J connectivity index is 1.52. The van der Waals surface area contributed by atoms with Crippen molar-refractivity contribution in [3.63, 3.8) is 0 Å². The van der Waals surface area contributed by atoms with Crippen LogP contribution in [0.15, 0.2) is 60.7 Å². The van der Waals surface area contributed by atoms with Crippen LogP contribution in [0.4, 0.5) is 5.69 Å². The average Bonchev–Trinajstić information content (AvgIpc) is 2.84. The van der Waals surface area contributed by atoms with E-state index >= 15 is 0 Å². The monoisotopic (exact) mass is 446 g/mol. The maximum atomic E-state index is 13.2. The molecule has 4 rings (SSSR count). The van der Waals surface area contributed by atoms with Gasteiger partial charge in [0.05, 0.1) is 18.4 Å². The number of benzene rings is 3. The summed E-state index contributed by atoms with van der Waals surface area (Å²) in [4.78, 5) is 25.7. The minimum Gasteiger partial charge on any atom is -0.495 e. The van der Waals surface area contributed by atoms with Crippen LogP contribution >= 0.6 is 0 Å². The fraction of sp³-hybridized carbons (Fsp3) is 0.333. The van der Waals surface area contributed by atoms with E-state index in [0.717, 1.165) is 42.4 Å². The lowest BCUT2D eigenvalue weighted by Gasteiger charge is -2.26. The highest BCUT2D eigenvalue weighted by Gasteiger charge is 2.21. The van der Waals surface area contributed by atoms with Gasteiger partial charge >= 0.3 is 0 Å². The van der Waals surface area contributed by atoms with Gasteiger partial charge in [-0.05, 0) is 66.6 Å². The molecule has 2 N–H and O–H groups in total. The summed E-state index contributed by atoms with van der Waals surface area (Å²) < 4.78 is 11.2. The highest BCUT2D eigenvalue weighted by atomic mass is 16.5. The lowest BCUT2D eigenvalue weighted by atomic mass is 9.87. The van der Waals surface area contributed by atoms with Crippen molar-refractivity contribution in [1.82, 2.24) is 5.32 Å². The second kappa shape index (κ2) is 10.4. The minimum atomic E-state index is -0.332. The van der Waals surface area contributed by atoms with Crippen LogP contribution in [0.1, 0.15) is 43.0 Å². The molecule has 0 aliphatic heterocycles. The number of carbonyl (C=O) groups is 2. The first-order valence-corrected chi connectivity index (χ1v) is 11.4. The van der Waals surface area contributed by atoms with Crippen LogP contribution in [0.25, 0.3) is 10.8 Å². The Hall–Kier alpha value is -3.54. The number of carbonyl (C=O) groups excluding carboxylic acids is 2. The zero-order valence-corrected chi connectivity index (χ0v) is 19.1. The molecule has 0 bridgehead atoms. The van der Waals surface area contributed by atoms with E-state index in [1.54, 1.807) is 25.3 Å². The lowest BCUT2D eigenvalue weighted by Crippen LogP contribution is -2.40. The molecular formula is C27H30N2O4. The first kappa shape index (κ1) is 22.6. The zero-order chi connectivity index (χ0) is 23.2. The van der Waals surface area contributed by atoms with Crippen molar-refractivity contribution in [3.05, 3.63) is 66.2 Å². The Morgan fingerprint density at radius 3 is 2.30 bits per heavy atom. The molecule has 1 saturated carbocycles. The van der Waals surface area contributed by atoms with Crippen LogP contribution < -0.4 is 20.1 Å². The van der Waals surface area contributed by atoms with Crippen LogP contribution in [0.2, 0.25) is 0 Å². The molecule has 3 aromatic rings. The Morgan fingerprint density at radius 2 is 1.58 bits per heavy atom. The topological polar surface area (TPSA) is 76.7 Å². The van der Waals surface area contributed by atoms with Crippen molar-refractivity contribution < 1.29 is 19.1 Å². The van der Waals surface area contributed by atoms with E-state index in [9.17, 15) is 9.59 Å². The van der Waals surface area contributed by atoms with E-state index in [-0.39, 0.29) is 24.5 Å². The Labute approximate surface area is 194 Å². The highest BCUT2D eigenvalue weighted by Crippen LogP contribution is 2.29. The molecule has 0 spiro atoms. The van der Waals surface area contributed by atoms with Gasteiger partial charge in [0.2, 0.25) is 0 Å². The highest BCUT2D eigenvalue weighted by molar-refractivity contribution is 6.09. The van der Waals surface area contributed by atoms with Gasteiger partial charge in [-0.15, -0.1) is 0 Å². The van der Waals surface area contributed by atoms with Gasteiger partial charge in [-0.2, -0.15) is 0 Å². The third-order valence-electron chi connectivity index (χ3n) is 6.19. The molecule has 2 amide bonds. The smallest absolute Gasteiger partial charge is 0.259 e. The molecule has 3 aromatic carbocycles. The lowest BCUT2D eigenvalue weighted by molar-refractivity contribution is -0.124. The number of anilines is 1. The van der Waals surface area contributed by atoms with Gasteiger partial charge in [0.1, 0.15) is 11.5 Å². The van der Waals surface area contributed by atoms with E-state index in [0.29, 0.717) is 22.7 Å². The van der Waals surface area contributed by atoms with Gasteiger partial charge in [-0.3, -0.25) is 9.59 Å². The van der Waals surface area contributed by atoms with E-state index in [1.165, 1.54) is 0 Å². The molecule has 1 aliphatic carbocycles. The van der Waals surface area contributed by atoms with Crippen molar-refractivity contribution in [1.29, 1.82) is 0 Å². The first-order chi connectivity index (χ1) is 16.0. The average molecular weight is 447 g/mol. The van der Waals surface area contributed by atoms with Crippen molar-refractivity contribution in [3.8, 4) is 11.5 Å². The second-order valence-corrected chi connectivity index (χ2v) is 8.66. The number of hydrogen-bond donors (Lipinski definition) is 2.